The summed E-state index contributed by atoms with van der Waals surface area (Å²) in [6.07, 6.45) is -1.77. The van der Waals surface area contributed by atoms with Crippen molar-refractivity contribution in [2.24, 2.45) is 0 Å². The second-order valence-electron chi connectivity index (χ2n) is 6.95. The standard InChI is InChI=1S/C17H16ClF3N4O/c1-16(2,3)25-14-12(7-23-25)15(26)24(9-22-14)8-10-6-11(17(19,20)21)4-5-13(10)18/h4-7,9H,8H2,1-3H3. The van der Waals surface area contributed by atoms with E-state index in [1.807, 2.05) is 20.8 Å². The maximum Gasteiger partial charge on any atom is 0.416 e. The first kappa shape index (κ1) is 18.4. The van der Waals surface area contributed by atoms with Crippen LogP contribution in [0.1, 0.15) is 31.9 Å². The summed E-state index contributed by atoms with van der Waals surface area (Å²) in [5.74, 6) is 0. The fourth-order valence-electron chi connectivity index (χ4n) is 2.61. The molecule has 0 saturated heterocycles. The van der Waals surface area contributed by atoms with Crippen LogP contribution in [0.3, 0.4) is 0 Å². The van der Waals surface area contributed by atoms with E-state index in [4.69, 9.17) is 11.6 Å². The van der Waals surface area contributed by atoms with Gasteiger partial charge in [0.1, 0.15) is 11.7 Å². The molecular formula is C17H16ClF3N4O. The third kappa shape index (κ3) is 3.33. The number of halogens is 4. The van der Waals surface area contributed by atoms with Gasteiger partial charge in [0.2, 0.25) is 0 Å². The maximum atomic E-state index is 12.9. The molecule has 2 heterocycles. The van der Waals surface area contributed by atoms with Gasteiger partial charge >= 0.3 is 6.18 Å². The molecule has 2 aromatic heterocycles. The second kappa shape index (κ2) is 6.12. The Hall–Kier alpha value is -2.35. The fraction of sp³-hybridized carbons (Fsp3) is 0.353. The molecule has 26 heavy (non-hydrogen) atoms. The summed E-state index contributed by atoms with van der Waals surface area (Å²) in [6.45, 7) is 5.66. The molecule has 0 saturated carbocycles. The zero-order chi connectivity index (χ0) is 19.3. The van der Waals surface area contributed by atoms with Gasteiger partial charge in [-0.1, -0.05) is 11.6 Å². The first-order chi connectivity index (χ1) is 12.0. The van der Waals surface area contributed by atoms with Crippen molar-refractivity contribution in [3.05, 3.63) is 57.2 Å². The van der Waals surface area contributed by atoms with Gasteiger partial charge in [0.15, 0.2) is 5.65 Å². The van der Waals surface area contributed by atoms with Gasteiger partial charge in [-0.3, -0.25) is 9.36 Å². The molecule has 0 bridgehead atoms. The Balaban J connectivity index is 2.06. The minimum Gasteiger partial charge on any atom is -0.294 e. The lowest BCUT2D eigenvalue weighted by Gasteiger charge is -2.19. The van der Waals surface area contributed by atoms with E-state index in [9.17, 15) is 18.0 Å². The van der Waals surface area contributed by atoms with Crippen molar-refractivity contribution in [3.8, 4) is 0 Å². The smallest absolute Gasteiger partial charge is 0.294 e. The molecule has 0 aliphatic heterocycles. The van der Waals surface area contributed by atoms with Crippen LogP contribution >= 0.6 is 11.6 Å². The molecule has 0 atom stereocenters. The second-order valence-corrected chi connectivity index (χ2v) is 7.35. The van der Waals surface area contributed by atoms with Gasteiger partial charge in [0.25, 0.3) is 5.56 Å². The Kier molecular flexibility index (Phi) is 4.34. The summed E-state index contributed by atoms with van der Waals surface area (Å²) >= 11 is 6.01. The SMILES string of the molecule is CC(C)(C)n1ncc2c(=O)n(Cc3cc(C(F)(F)F)ccc3Cl)cnc21. The lowest BCUT2D eigenvalue weighted by molar-refractivity contribution is -0.137. The predicted molar refractivity (Wildman–Crippen MR) is 92.3 cm³/mol. The van der Waals surface area contributed by atoms with Crippen LogP contribution < -0.4 is 5.56 Å². The fourth-order valence-corrected chi connectivity index (χ4v) is 2.79. The van der Waals surface area contributed by atoms with E-state index in [0.29, 0.717) is 11.0 Å². The van der Waals surface area contributed by atoms with E-state index in [0.717, 1.165) is 12.1 Å². The van der Waals surface area contributed by atoms with Gasteiger partial charge in [0.05, 0.1) is 23.8 Å². The molecule has 0 N–H and O–H groups in total. The van der Waals surface area contributed by atoms with E-state index in [1.165, 1.54) is 23.2 Å². The van der Waals surface area contributed by atoms with Crippen molar-refractivity contribution >= 4 is 22.6 Å². The van der Waals surface area contributed by atoms with Gasteiger partial charge in [-0.25, -0.2) is 9.67 Å². The first-order valence-corrected chi connectivity index (χ1v) is 8.15. The average Bonchev–Trinajstić information content (AvgIpc) is 2.95. The third-order valence-electron chi connectivity index (χ3n) is 3.90. The molecule has 0 aliphatic carbocycles. The van der Waals surface area contributed by atoms with Crippen molar-refractivity contribution in [3.63, 3.8) is 0 Å². The summed E-state index contributed by atoms with van der Waals surface area (Å²) in [6, 6.07) is 3.02. The molecule has 0 aliphatic rings. The maximum absolute atomic E-state index is 12.9. The molecule has 0 amide bonds. The summed E-state index contributed by atoms with van der Waals surface area (Å²) in [5.41, 5.74) is -0.960. The monoisotopic (exact) mass is 384 g/mol. The van der Waals surface area contributed by atoms with Crippen molar-refractivity contribution in [1.29, 1.82) is 0 Å². The predicted octanol–water partition coefficient (Wildman–Crippen LogP) is 4.07. The zero-order valence-electron chi connectivity index (χ0n) is 14.3. The van der Waals surface area contributed by atoms with E-state index in [2.05, 4.69) is 10.1 Å². The number of aromatic nitrogens is 4. The first-order valence-electron chi connectivity index (χ1n) is 7.78. The van der Waals surface area contributed by atoms with Crippen LogP contribution in [0.15, 0.2) is 35.5 Å². The molecule has 0 unspecified atom stereocenters. The van der Waals surface area contributed by atoms with Gasteiger partial charge in [0, 0.05) is 5.02 Å². The molecule has 0 radical (unpaired) electrons. The highest BCUT2D eigenvalue weighted by molar-refractivity contribution is 6.31. The molecule has 138 valence electrons. The van der Waals surface area contributed by atoms with Crippen LogP contribution in [0.5, 0.6) is 0 Å². The normalized spacial score (nSPS) is 12.7. The Labute approximate surface area is 152 Å². The molecule has 9 heteroatoms. The van der Waals surface area contributed by atoms with Crippen LogP contribution in [-0.4, -0.2) is 19.3 Å². The summed E-state index contributed by atoms with van der Waals surface area (Å²) < 4.78 is 41.6. The number of benzene rings is 1. The van der Waals surface area contributed by atoms with E-state index in [-0.39, 0.29) is 28.2 Å². The summed E-state index contributed by atoms with van der Waals surface area (Å²) in [5, 5.41) is 4.65. The van der Waals surface area contributed by atoms with Gasteiger partial charge in [-0.15, -0.1) is 0 Å². The number of alkyl halides is 3. The molecule has 0 fully saturated rings. The number of hydrogen-bond donors (Lipinski definition) is 0. The molecule has 0 spiro atoms. The molecule has 5 nitrogen and oxygen atoms in total. The summed E-state index contributed by atoms with van der Waals surface area (Å²) in [7, 11) is 0. The number of hydrogen-bond acceptors (Lipinski definition) is 3. The van der Waals surface area contributed by atoms with Crippen molar-refractivity contribution in [1.82, 2.24) is 19.3 Å². The molecular weight excluding hydrogens is 369 g/mol. The van der Waals surface area contributed by atoms with Crippen LogP contribution in [0.4, 0.5) is 13.2 Å². The lowest BCUT2D eigenvalue weighted by atomic mass is 10.1. The Morgan fingerprint density at radius 1 is 1.19 bits per heavy atom. The Morgan fingerprint density at radius 3 is 2.50 bits per heavy atom. The van der Waals surface area contributed by atoms with Crippen LogP contribution in [0.2, 0.25) is 5.02 Å². The van der Waals surface area contributed by atoms with Gasteiger partial charge < -0.3 is 0 Å². The highest BCUT2D eigenvalue weighted by atomic mass is 35.5. The van der Waals surface area contributed by atoms with Crippen LogP contribution in [0, 0.1) is 0 Å². The topological polar surface area (TPSA) is 52.7 Å². The van der Waals surface area contributed by atoms with E-state index in [1.54, 1.807) is 4.68 Å². The molecule has 1 aromatic carbocycles. The minimum absolute atomic E-state index is 0.120. The zero-order valence-corrected chi connectivity index (χ0v) is 15.1. The van der Waals surface area contributed by atoms with Crippen molar-refractivity contribution in [2.75, 3.05) is 0 Å². The quantitative estimate of drug-likeness (QED) is 0.669. The van der Waals surface area contributed by atoms with Crippen LogP contribution in [0.25, 0.3) is 11.0 Å². The summed E-state index contributed by atoms with van der Waals surface area (Å²) in [4.78, 5) is 16.9. The number of rotatable bonds is 2. The van der Waals surface area contributed by atoms with Gasteiger partial charge in [-0.05, 0) is 44.5 Å². The average molecular weight is 385 g/mol. The Bertz CT molecular complexity index is 1030. The Morgan fingerprint density at radius 2 is 1.88 bits per heavy atom. The highest BCUT2D eigenvalue weighted by Gasteiger charge is 2.31. The number of fused-ring (bicyclic) bond motifs is 1. The van der Waals surface area contributed by atoms with Crippen LogP contribution in [-0.2, 0) is 18.3 Å². The van der Waals surface area contributed by atoms with Gasteiger partial charge in [-0.2, -0.15) is 18.3 Å². The third-order valence-corrected chi connectivity index (χ3v) is 4.27. The lowest BCUT2D eigenvalue weighted by Crippen LogP contribution is -2.25. The molecule has 3 rings (SSSR count). The minimum atomic E-state index is -4.49. The van der Waals surface area contributed by atoms with Crippen molar-refractivity contribution in [2.45, 2.75) is 39.0 Å². The highest BCUT2D eigenvalue weighted by Crippen LogP contribution is 2.32. The molecule has 3 aromatic rings. The van der Waals surface area contributed by atoms with E-state index < -0.39 is 11.7 Å². The largest absolute Gasteiger partial charge is 0.416 e. The number of nitrogens with zero attached hydrogens (tertiary/aromatic N) is 4. The van der Waals surface area contributed by atoms with Crippen molar-refractivity contribution < 1.29 is 13.2 Å². The van der Waals surface area contributed by atoms with E-state index >= 15 is 0 Å².